The lowest BCUT2D eigenvalue weighted by Gasteiger charge is -2.29. The van der Waals surface area contributed by atoms with Crippen LogP contribution in [0.15, 0.2) is 109 Å². The summed E-state index contributed by atoms with van der Waals surface area (Å²) in [5.74, 6) is -0.302. The monoisotopic (exact) mass is 476 g/mol. The predicted molar refractivity (Wildman–Crippen MR) is 148 cm³/mol. The summed E-state index contributed by atoms with van der Waals surface area (Å²) < 4.78 is 0. The molecule has 182 valence electrons. The molecular formula is C32H32N2O2. The molecule has 4 nitrogen and oxygen atoms in total. The number of carbonyl (C=O) groups excluding carboxylic acids is 2. The second-order valence-corrected chi connectivity index (χ2v) is 10.2. The molecule has 0 fully saturated rings. The van der Waals surface area contributed by atoms with Crippen LogP contribution in [-0.2, 0) is 15.6 Å². The van der Waals surface area contributed by atoms with Gasteiger partial charge in [-0.15, -0.1) is 0 Å². The van der Waals surface area contributed by atoms with Gasteiger partial charge in [-0.25, -0.2) is 0 Å². The molecule has 0 aliphatic carbocycles. The first-order valence-electron chi connectivity index (χ1n) is 12.1. The van der Waals surface area contributed by atoms with Gasteiger partial charge in [0.15, 0.2) is 0 Å². The zero-order chi connectivity index (χ0) is 25.8. The van der Waals surface area contributed by atoms with E-state index in [9.17, 15) is 9.59 Å². The highest BCUT2D eigenvalue weighted by Gasteiger charge is 2.37. The molecule has 0 radical (unpaired) electrons. The normalized spacial score (nSPS) is 11.6. The lowest BCUT2D eigenvalue weighted by molar-refractivity contribution is -0.119. The molecule has 4 heteroatoms. The van der Waals surface area contributed by atoms with Gasteiger partial charge < -0.3 is 10.6 Å². The number of carbonyl (C=O) groups is 2. The van der Waals surface area contributed by atoms with Crippen LogP contribution in [0.25, 0.3) is 0 Å². The number of benzene rings is 4. The molecule has 0 atom stereocenters. The average molecular weight is 477 g/mol. The van der Waals surface area contributed by atoms with Crippen molar-refractivity contribution >= 4 is 23.2 Å². The van der Waals surface area contributed by atoms with Crippen molar-refractivity contribution in [3.8, 4) is 0 Å². The van der Waals surface area contributed by atoms with Gasteiger partial charge in [-0.2, -0.15) is 0 Å². The van der Waals surface area contributed by atoms with E-state index in [1.54, 1.807) is 24.3 Å². The van der Waals surface area contributed by atoms with Crippen LogP contribution >= 0.6 is 0 Å². The van der Waals surface area contributed by atoms with E-state index >= 15 is 0 Å². The van der Waals surface area contributed by atoms with Gasteiger partial charge >= 0.3 is 0 Å². The Bertz CT molecular complexity index is 1280. The van der Waals surface area contributed by atoms with Crippen LogP contribution in [0.3, 0.4) is 0 Å². The van der Waals surface area contributed by atoms with Crippen LogP contribution in [0, 0.1) is 0 Å². The molecule has 2 N–H and O–H groups in total. The number of hydrogen-bond acceptors (Lipinski definition) is 2. The van der Waals surface area contributed by atoms with Crippen molar-refractivity contribution in [3.05, 3.63) is 131 Å². The molecule has 4 rings (SSSR count). The summed E-state index contributed by atoms with van der Waals surface area (Å²) >= 11 is 0. The first kappa shape index (κ1) is 24.9. The number of nitrogens with one attached hydrogen (secondary N) is 2. The Kier molecular flexibility index (Phi) is 7.07. The second kappa shape index (κ2) is 10.2. The molecule has 0 spiro atoms. The molecule has 36 heavy (non-hydrogen) atoms. The van der Waals surface area contributed by atoms with Crippen LogP contribution in [-0.4, -0.2) is 11.8 Å². The Morgan fingerprint density at radius 1 is 0.528 bits per heavy atom. The van der Waals surface area contributed by atoms with Crippen LogP contribution in [0.4, 0.5) is 11.4 Å². The molecule has 4 aromatic carbocycles. The van der Waals surface area contributed by atoms with E-state index in [0.29, 0.717) is 16.9 Å². The van der Waals surface area contributed by atoms with Gasteiger partial charge in [0, 0.05) is 16.9 Å². The highest BCUT2D eigenvalue weighted by Crippen LogP contribution is 2.33. The topological polar surface area (TPSA) is 58.2 Å². The summed E-state index contributed by atoms with van der Waals surface area (Å²) in [6.07, 6.45) is 0. The number of anilines is 2. The van der Waals surface area contributed by atoms with Crippen LogP contribution in [0.1, 0.15) is 54.7 Å². The summed E-state index contributed by atoms with van der Waals surface area (Å²) in [6, 6.07) is 34.4. The number of hydrogen-bond donors (Lipinski definition) is 2. The lowest BCUT2D eigenvalue weighted by atomic mass is 9.75. The maximum atomic E-state index is 13.6. The van der Waals surface area contributed by atoms with Crippen molar-refractivity contribution in [1.82, 2.24) is 0 Å². The van der Waals surface area contributed by atoms with Gasteiger partial charge in [-0.3, -0.25) is 9.59 Å². The highest BCUT2D eigenvalue weighted by molar-refractivity contribution is 6.05. The third-order valence-electron chi connectivity index (χ3n) is 6.57. The third kappa shape index (κ3) is 5.38. The Hall–Kier alpha value is -4.18. The summed E-state index contributed by atoms with van der Waals surface area (Å²) in [4.78, 5) is 26.3. The minimum atomic E-state index is -0.866. The van der Waals surface area contributed by atoms with E-state index in [-0.39, 0.29) is 17.2 Å². The standard InChI is InChI=1S/C32H32N2O2/c1-31(2,3)24-17-15-23(16-18-24)29(35)33-27-19-21-28(22-20-27)34-30(36)32(4,25-11-7-5-8-12-25)26-13-9-6-10-14-26/h5-22H,1-4H3,(H,33,35)(H,34,36). The molecule has 0 aliphatic heterocycles. The van der Waals surface area contributed by atoms with E-state index in [1.807, 2.05) is 91.9 Å². The van der Waals surface area contributed by atoms with Gasteiger partial charge in [-0.1, -0.05) is 93.6 Å². The zero-order valence-corrected chi connectivity index (χ0v) is 21.2. The van der Waals surface area contributed by atoms with Gasteiger partial charge in [0.2, 0.25) is 5.91 Å². The molecule has 0 bridgehead atoms. The molecule has 0 aliphatic rings. The van der Waals surface area contributed by atoms with E-state index in [4.69, 9.17) is 0 Å². The largest absolute Gasteiger partial charge is 0.325 e. The van der Waals surface area contributed by atoms with Crippen molar-refractivity contribution in [1.29, 1.82) is 0 Å². The smallest absolute Gasteiger partial charge is 0.255 e. The van der Waals surface area contributed by atoms with Gasteiger partial charge in [0.05, 0.1) is 5.41 Å². The molecule has 0 aromatic heterocycles. The Balaban J connectivity index is 1.48. The summed E-state index contributed by atoms with van der Waals surface area (Å²) in [5, 5.41) is 5.99. The first-order valence-corrected chi connectivity index (χ1v) is 12.1. The summed E-state index contributed by atoms with van der Waals surface area (Å²) in [5.41, 5.74) is 4.09. The molecular weight excluding hydrogens is 444 g/mol. The third-order valence-corrected chi connectivity index (χ3v) is 6.57. The maximum absolute atomic E-state index is 13.6. The van der Waals surface area contributed by atoms with E-state index in [0.717, 1.165) is 11.1 Å². The first-order chi connectivity index (χ1) is 17.2. The number of amides is 2. The molecule has 0 unspecified atom stereocenters. The Morgan fingerprint density at radius 2 is 0.972 bits per heavy atom. The molecule has 0 heterocycles. The minimum absolute atomic E-state index is 0.0341. The van der Waals surface area contributed by atoms with Crippen LogP contribution in [0.2, 0.25) is 0 Å². The maximum Gasteiger partial charge on any atom is 0.255 e. The van der Waals surface area contributed by atoms with E-state index in [2.05, 4.69) is 31.4 Å². The molecule has 0 saturated carbocycles. The highest BCUT2D eigenvalue weighted by atomic mass is 16.2. The van der Waals surface area contributed by atoms with Gasteiger partial charge in [0.25, 0.3) is 5.91 Å². The zero-order valence-electron chi connectivity index (χ0n) is 21.2. The fourth-order valence-corrected chi connectivity index (χ4v) is 4.19. The SMILES string of the molecule is CC(C)(C)c1ccc(C(=O)Nc2ccc(NC(=O)C(C)(c3ccccc3)c3ccccc3)cc2)cc1. The van der Waals surface area contributed by atoms with Crippen molar-refractivity contribution in [2.45, 2.75) is 38.5 Å². The quantitative estimate of drug-likeness (QED) is 0.310. The lowest BCUT2D eigenvalue weighted by Crippen LogP contribution is -2.38. The average Bonchev–Trinajstić information content (AvgIpc) is 2.90. The number of rotatable bonds is 6. The van der Waals surface area contributed by atoms with E-state index in [1.165, 1.54) is 5.56 Å². The van der Waals surface area contributed by atoms with Crippen LogP contribution < -0.4 is 10.6 Å². The van der Waals surface area contributed by atoms with Gasteiger partial charge in [-0.05, 0) is 65.4 Å². The summed E-state index contributed by atoms with van der Waals surface area (Å²) in [7, 11) is 0. The molecule has 0 saturated heterocycles. The van der Waals surface area contributed by atoms with Gasteiger partial charge in [0.1, 0.15) is 0 Å². The van der Waals surface area contributed by atoms with Crippen molar-refractivity contribution in [2.24, 2.45) is 0 Å². The summed E-state index contributed by atoms with van der Waals surface area (Å²) in [6.45, 7) is 8.37. The van der Waals surface area contributed by atoms with Crippen molar-refractivity contribution < 1.29 is 9.59 Å². The Labute approximate surface area is 213 Å². The van der Waals surface area contributed by atoms with Crippen molar-refractivity contribution in [3.63, 3.8) is 0 Å². The Morgan fingerprint density at radius 3 is 1.42 bits per heavy atom. The fourth-order valence-electron chi connectivity index (χ4n) is 4.19. The van der Waals surface area contributed by atoms with E-state index < -0.39 is 5.41 Å². The minimum Gasteiger partial charge on any atom is -0.325 e. The van der Waals surface area contributed by atoms with Crippen LogP contribution in [0.5, 0.6) is 0 Å². The predicted octanol–water partition coefficient (Wildman–Crippen LogP) is 7.18. The fraction of sp³-hybridized carbons (Fsp3) is 0.188. The molecule has 2 amide bonds. The second-order valence-electron chi connectivity index (χ2n) is 10.2. The van der Waals surface area contributed by atoms with Crippen molar-refractivity contribution in [2.75, 3.05) is 10.6 Å². The molecule has 4 aromatic rings.